The first-order valence-electron chi connectivity index (χ1n) is 6.57. The Balaban J connectivity index is 1.90. The lowest BCUT2D eigenvalue weighted by atomic mass is 10.1. The van der Waals surface area contributed by atoms with Gasteiger partial charge in [-0.1, -0.05) is 6.07 Å². The Labute approximate surface area is 114 Å². The van der Waals surface area contributed by atoms with Gasteiger partial charge in [0.15, 0.2) is 0 Å². The predicted octanol–water partition coefficient (Wildman–Crippen LogP) is 2.75. The van der Waals surface area contributed by atoms with Gasteiger partial charge in [-0.25, -0.2) is 4.98 Å². The summed E-state index contributed by atoms with van der Waals surface area (Å²) >= 11 is 4.17. The lowest BCUT2D eigenvalue weighted by molar-refractivity contribution is 0.745. The number of nitrogens with zero attached hydrogens (tertiary/aromatic N) is 1. The van der Waals surface area contributed by atoms with Gasteiger partial charge in [0.2, 0.25) is 0 Å². The molecule has 4 heteroatoms. The van der Waals surface area contributed by atoms with E-state index in [-0.39, 0.29) is 0 Å². The molecule has 2 rings (SSSR count). The first-order chi connectivity index (χ1) is 8.83. The van der Waals surface area contributed by atoms with Gasteiger partial charge >= 0.3 is 0 Å². The fourth-order valence-corrected chi connectivity index (χ4v) is 2.48. The summed E-state index contributed by atoms with van der Waals surface area (Å²) in [4.78, 5) is 4.69. The Hall–Kier alpha value is -1.16. The minimum atomic E-state index is 1.02. The third-order valence-corrected chi connectivity index (χ3v) is 3.62. The number of rotatable bonds is 5. The van der Waals surface area contributed by atoms with E-state index in [4.69, 9.17) is 4.98 Å². The molecule has 0 atom stereocenters. The molecule has 0 bridgehead atoms. The smallest absolute Gasteiger partial charge is 0.129 e. The zero-order chi connectivity index (χ0) is 12.8. The van der Waals surface area contributed by atoms with E-state index >= 15 is 0 Å². The van der Waals surface area contributed by atoms with Gasteiger partial charge < -0.3 is 10.6 Å². The summed E-state index contributed by atoms with van der Waals surface area (Å²) in [5.74, 6) is 1.09. The van der Waals surface area contributed by atoms with Crippen LogP contribution in [0.2, 0.25) is 0 Å². The highest BCUT2D eigenvalue weighted by atomic mass is 32.1. The van der Waals surface area contributed by atoms with Crippen molar-refractivity contribution in [3.8, 4) is 0 Å². The van der Waals surface area contributed by atoms with E-state index < -0.39 is 0 Å². The SMILES string of the molecule is CN/C(=C\S)CCCc1ccc2c(n1)NCCC2. The number of hydrogen-bond donors (Lipinski definition) is 3. The second-order valence-electron chi connectivity index (χ2n) is 4.60. The standard InChI is InChI=1S/C14H21N3S/c1-15-13(10-18)6-2-5-12-8-7-11-4-3-9-16-14(11)17-12/h7-8,10,15,18H,2-6,9H2,1H3,(H,16,17)/b13-10-. The molecule has 1 aliphatic heterocycles. The molecule has 0 radical (unpaired) electrons. The van der Waals surface area contributed by atoms with Crippen LogP contribution in [0, 0.1) is 0 Å². The molecule has 0 spiro atoms. The molecule has 0 unspecified atom stereocenters. The van der Waals surface area contributed by atoms with Crippen molar-refractivity contribution >= 4 is 18.4 Å². The summed E-state index contributed by atoms with van der Waals surface area (Å²) in [5.41, 5.74) is 3.71. The van der Waals surface area contributed by atoms with Crippen LogP contribution < -0.4 is 10.6 Å². The van der Waals surface area contributed by atoms with Gasteiger partial charge in [-0.05, 0) is 49.1 Å². The molecule has 0 amide bonds. The van der Waals surface area contributed by atoms with Gasteiger partial charge in [0.25, 0.3) is 0 Å². The van der Waals surface area contributed by atoms with Crippen LogP contribution >= 0.6 is 12.6 Å². The Kier molecular flexibility index (Phi) is 4.93. The Morgan fingerprint density at radius 3 is 3.22 bits per heavy atom. The highest BCUT2D eigenvalue weighted by Crippen LogP contribution is 2.20. The maximum Gasteiger partial charge on any atom is 0.129 e. The maximum absolute atomic E-state index is 4.69. The average Bonchev–Trinajstić information content (AvgIpc) is 2.43. The van der Waals surface area contributed by atoms with Crippen LogP contribution in [0.3, 0.4) is 0 Å². The molecular formula is C14H21N3S. The van der Waals surface area contributed by atoms with Gasteiger partial charge in [-0.15, -0.1) is 12.6 Å². The molecular weight excluding hydrogens is 242 g/mol. The van der Waals surface area contributed by atoms with Crippen molar-refractivity contribution in [1.29, 1.82) is 0 Å². The molecule has 1 aromatic rings. The number of nitrogens with one attached hydrogen (secondary N) is 2. The minimum Gasteiger partial charge on any atom is -0.391 e. The van der Waals surface area contributed by atoms with Gasteiger partial charge in [0.1, 0.15) is 5.82 Å². The van der Waals surface area contributed by atoms with Gasteiger partial charge in [-0.3, -0.25) is 0 Å². The molecule has 0 saturated carbocycles. The number of aromatic nitrogens is 1. The van der Waals surface area contributed by atoms with E-state index in [1.807, 2.05) is 12.5 Å². The van der Waals surface area contributed by atoms with Crippen molar-refractivity contribution in [3.63, 3.8) is 0 Å². The number of thiol groups is 1. The van der Waals surface area contributed by atoms with Crippen LogP contribution in [0.15, 0.2) is 23.2 Å². The molecule has 3 nitrogen and oxygen atoms in total. The first kappa shape index (κ1) is 13.3. The summed E-state index contributed by atoms with van der Waals surface area (Å²) in [6.45, 7) is 1.05. The van der Waals surface area contributed by atoms with Crippen molar-refractivity contribution in [1.82, 2.24) is 10.3 Å². The fourth-order valence-electron chi connectivity index (χ4n) is 2.22. The normalized spacial score (nSPS) is 14.9. The zero-order valence-corrected chi connectivity index (χ0v) is 11.8. The van der Waals surface area contributed by atoms with Gasteiger partial charge in [-0.2, -0.15) is 0 Å². The number of aryl methyl sites for hydroxylation is 2. The molecule has 1 aliphatic rings. The summed E-state index contributed by atoms with van der Waals surface area (Å²) in [5, 5.41) is 8.35. The number of allylic oxidation sites excluding steroid dienone is 1. The number of fused-ring (bicyclic) bond motifs is 1. The quantitative estimate of drug-likeness (QED) is 0.715. The largest absolute Gasteiger partial charge is 0.391 e. The van der Waals surface area contributed by atoms with Crippen molar-refractivity contribution in [3.05, 3.63) is 34.5 Å². The summed E-state index contributed by atoms with van der Waals surface area (Å²) in [6, 6.07) is 4.38. The number of pyridine rings is 1. The van der Waals surface area contributed by atoms with E-state index in [2.05, 4.69) is 35.4 Å². The molecule has 0 aliphatic carbocycles. The van der Waals surface area contributed by atoms with Crippen molar-refractivity contribution in [2.45, 2.75) is 32.1 Å². The average molecular weight is 263 g/mol. The highest BCUT2D eigenvalue weighted by molar-refractivity contribution is 7.83. The van der Waals surface area contributed by atoms with Gasteiger partial charge in [0, 0.05) is 25.0 Å². The summed E-state index contributed by atoms with van der Waals surface area (Å²) in [6.07, 6.45) is 5.50. The van der Waals surface area contributed by atoms with E-state index in [0.717, 1.165) is 38.0 Å². The molecule has 2 N–H and O–H groups in total. The van der Waals surface area contributed by atoms with Crippen LogP contribution in [-0.2, 0) is 12.8 Å². The van der Waals surface area contributed by atoms with Crippen molar-refractivity contribution in [2.24, 2.45) is 0 Å². The van der Waals surface area contributed by atoms with E-state index in [0.29, 0.717) is 0 Å². The zero-order valence-electron chi connectivity index (χ0n) is 10.9. The van der Waals surface area contributed by atoms with Crippen molar-refractivity contribution < 1.29 is 0 Å². The molecule has 98 valence electrons. The summed E-state index contributed by atoms with van der Waals surface area (Å²) in [7, 11) is 1.93. The lowest BCUT2D eigenvalue weighted by Crippen LogP contribution is -2.14. The lowest BCUT2D eigenvalue weighted by Gasteiger charge is -2.17. The Bertz CT molecular complexity index is 429. The minimum absolute atomic E-state index is 1.02. The fraction of sp³-hybridized carbons (Fsp3) is 0.500. The van der Waals surface area contributed by atoms with Crippen LogP contribution in [0.1, 0.15) is 30.5 Å². The third kappa shape index (κ3) is 3.42. The molecule has 0 fully saturated rings. The van der Waals surface area contributed by atoms with Crippen LogP contribution in [0.5, 0.6) is 0 Å². The summed E-state index contributed by atoms with van der Waals surface area (Å²) < 4.78 is 0. The number of hydrogen-bond acceptors (Lipinski definition) is 4. The first-order valence-corrected chi connectivity index (χ1v) is 7.09. The van der Waals surface area contributed by atoms with Crippen LogP contribution in [0.4, 0.5) is 5.82 Å². The third-order valence-electron chi connectivity index (χ3n) is 3.31. The van der Waals surface area contributed by atoms with Gasteiger partial charge in [0.05, 0.1) is 0 Å². The monoisotopic (exact) mass is 263 g/mol. The Morgan fingerprint density at radius 1 is 1.56 bits per heavy atom. The van der Waals surface area contributed by atoms with Crippen LogP contribution in [-0.4, -0.2) is 18.6 Å². The predicted molar refractivity (Wildman–Crippen MR) is 80.1 cm³/mol. The Morgan fingerprint density at radius 2 is 2.44 bits per heavy atom. The second kappa shape index (κ2) is 6.69. The maximum atomic E-state index is 4.69. The topological polar surface area (TPSA) is 37.0 Å². The molecule has 0 aromatic carbocycles. The van der Waals surface area contributed by atoms with E-state index in [1.54, 1.807) is 0 Å². The highest BCUT2D eigenvalue weighted by Gasteiger charge is 2.09. The van der Waals surface area contributed by atoms with E-state index in [1.165, 1.54) is 23.4 Å². The second-order valence-corrected chi connectivity index (χ2v) is 4.86. The van der Waals surface area contributed by atoms with Crippen molar-refractivity contribution in [2.75, 3.05) is 18.9 Å². The number of anilines is 1. The molecule has 0 saturated heterocycles. The molecule has 18 heavy (non-hydrogen) atoms. The molecule has 1 aromatic heterocycles. The van der Waals surface area contributed by atoms with Crippen LogP contribution in [0.25, 0.3) is 0 Å². The molecule has 2 heterocycles. The van der Waals surface area contributed by atoms with E-state index in [9.17, 15) is 0 Å².